The van der Waals surface area contributed by atoms with Gasteiger partial charge in [0.05, 0.1) is 12.3 Å². The minimum absolute atomic E-state index is 0.00856. The van der Waals surface area contributed by atoms with Crippen molar-refractivity contribution >= 4 is 11.8 Å². The molecule has 0 fully saturated rings. The lowest BCUT2D eigenvalue weighted by atomic mass is 10.1. The fraction of sp³-hybridized carbons (Fsp3) is 0.500. The number of hydrogen-bond acceptors (Lipinski definition) is 4. The number of ketones is 1. The van der Waals surface area contributed by atoms with Crippen LogP contribution in [0.3, 0.4) is 0 Å². The highest BCUT2D eigenvalue weighted by Crippen LogP contribution is 2.27. The van der Waals surface area contributed by atoms with Crippen molar-refractivity contribution in [1.82, 2.24) is 9.47 Å². The lowest BCUT2D eigenvalue weighted by Crippen LogP contribution is -2.16. The van der Waals surface area contributed by atoms with Gasteiger partial charge in [-0.1, -0.05) is 0 Å². The second-order valence-corrected chi connectivity index (χ2v) is 5.48. The average Bonchev–Trinajstić information content (AvgIpc) is 2.65. The van der Waals surface area contributed by atoms with Crippen molar-refractivity contribution in [2.75, 3.05) is 20.7 Å². The van der Waals surface area contributed by atoms with E-state index >= 15 is 0 Å². The fourth-order valence-electron chi connectivity index (χ4n) is 2.73. The molecule has 0 bridgehead atoms. The Hall–Kier alpha value is -2.04. The molecule has 5 heteroatoms. The Morgan fingerprint density at radius 2 is 2.14 bits per heavy atom. The molecule has 0 aliphatic heterocycles. The van der Waals surface area contributed by atoms with Gasteiger partial charge in [0.1, 0.15) is 5.69 Å². The lowest BCUT2D eigenvalue weighted by Gasteiger charge is -2.11. The third kappa shape index (κ3) is 3.01. The number of aromatic nitrogens is 1. The van der Waals surface area contributed by atoms with E-state index in [1.165, 1.54) is 0 Å². The molecule has 0 radical (unpaired) electrons. The first-order valence-electron chi connectivity index (χ1n) is 7.23. The predicted molar refractivity (Wildman–Crippen MR) is 80.4 cm³/mol. The smallest absolute Gasteiger partial charge is 0.354 e. The summed E-state index contributed by atoms with van der Waals surface area (Å²) in [6, 6.07) is 1.80. The predicted octanol–water partition coefficient (Wildman–Crippen LogP) is 2.17. The Bertz CT molecular complexity index is 597. The van der Waals surface area contributed by atoms with E-state index in [0.717, 1.165) is 30.4 Å². The van der Waals surface area contributed by atoms with Crippen molar-refractivity contribution in [2.45, 2.75) is 26.2 Å². The van der Waals surface area contributed by atoms with Gasteiger partial charge in [0.15, 0.2) is 0 Å². The molecular formula is C16H22N2O3. The SMILES string of the molecule is CCOC(=O)c1cc2c(n1C)C(=O)C(=CN(C)C)CCC2. The molecule has 1 heterocycles. The number of fused-ring (bicyclic) bond motifs is 1. The molecule has 0 N–H and O–H groups in total. The summed E-state index contributed by atoms with van der Waals surface area (Å²) in [5.74, 6) is -0.367. The first-order chi connectivity index (χ1) is 9.95. The highest BCUT2D eigenvalue weighted by atomic mass is 16.5. The van der Waals surface area contributed by atoms with Gasteiger partial charge in [-0.05, 0) is 37.8 Å². The molecule has 1 aliphatic carbocycles. The van der Waals surface area contributed by atoms with E-state index in [-0.39, 0.29) is 11.8 Å². The summed E-state index contributed by atoms with van der Waals surface area (Å²) in [6.45, 7) is 2.10. The van der Waals surface area contributed by atoms with Gasteiger partial charge >= 0.3 is 5.97 Å². The maximum absolute atomic E-state index is 12.7. The summed E-state index contributed by atoms with van der Waals surface area (Å²) in [7, 11) is 5.56. The Labute approximate surface area is 125 Å². The zero-order valence-electron chi connectivity index (χ0n) is 13.1. The molecule has 0 unspecified atom stereocenters. The third-order valence-corrected chi connectivity index (χ3v) is 3.61. The van der Waals surface area contributed by atoms with E-state index in [0.29, 0.717) is 18.0 Å². The molecule has 1 aromatic rings. The average molecular weight is 290 g/mol. The van der Waals surface area contributed by atoms with Crippen LogP contribution in [0, 0.1) is 0 Å². The summed E-state index contributed by atoms with van der Waals surface area (Å²) >= 11 is 0. The number of allylic oxidation sites excluding steroid dienone is 1. The number of esters is 1. The van der Waals surface area contributed by atoms with Crippen LogP contribution in [0.5, 0.6) is 0 Å². The molecule has 114 valence electrons. The monoisotopic (exact) mass is 290 g/mol. The zero-order chi connectivity index (χ0) is 15.6. The topological polar surface area (TPSA) is 51.5 Å². The Kier molecular flexibility index (Phi) is 4.50. The minimum Gasteiger partial charge on any atom is -0.461 e. The molecule has 0 atom stereocenters. The summed E-state index contributed by atoms with van der Waals surface area (Å²) < 4.78 is 6.72. The van der Waals surface area contributed by atoms with E-state index < -0.39 is 0 Å². The third-order valence-electron chi connectivity index (χ3n) is 3.61. The lowest BCUT2D eigenvalue weighted by molar-refractivity contribution is 0.0515. The maximum Gasteiger partial charge on any atom is 0.354 e. The van der Waals surface area contributed by atoms with E-state index in [1.54, 1.807) is 24.6 Å². The molecule has 0 aromatic carbocycles. The van der Waals surface area contributed by atoms with Crippen molar-refractivity contribution in [3.8, 4) is 0 Å². The molecule has 1 aliphatic rings. The van der Waals surface area contributed by atoms with Crippen molar-refractivity contribution in [1.29, 1.82) is 0 Å². The zero-order valence-corrected chi connectivity index (χ0v) is 13.1. The number of carbonyl (C=O) groups excluding carboxylic acids is 2. The molecule has 1 aromatic heterocycles. The van der Waals surface area contributed by atoms with Crippen molar-refractivity contribution in [3.63, 3.8) is 0 Å². The van der Waals surface area contributed by atoms with Crippen LogP contribution < -0.4 is 0 Å². The standard InChI is InChI=1S/C16H22N2O3/c1-5-21-16(20)13-9-11-7-6-8-12(10-17(2)3)15(19)14(11)18(13)4/h9-10H,5-8H2,1-4H3. The van der Waals surface area contributed by atoms with Crippen LogP contribution >= 0.6 is 0 Å². The van der Waals surface area contributed by atoms with Gasteiger partial charge in [-0.3, -0.25) is 4.79 Å². The summed E-state index contributed by atoms with van der Waals surface area (Å²) in [5, 5.41) is 0. The number of aryl methyl sites for hydroxylation is 1. The molecule has 0 saturated heterocycles. The summed E-state index contributed by atoms with van der Waals surface area (Å²) in [6.07, 6.45) is 4.35. The molecule has 0 amide bonds. The highest BCUT2D eigenvalue weighted by molar-refractivity contribution is 6.10. The van der Waals surface area contributed by atoms with Gasteiger partial charge in [0.2, 0.25) is 5.78 Å². The molecule has 21 heavy (non-hydrogen) atoms. The van der Waals surface area contributed by atoms with Gasteiger partial charge in [-0.15, -0.1) is 0 Å². The number of hydrogen-bond donors (Lipinski definition) is 0. The highest BCUT2D eigenvalue weighted by Gasteiger charge is 2.27. The maximum atomic E-state index is 12.7. The fourth-order valence-corrected chi connectivity index (χ4v) is 2.73. The van der Waals surface area contributed by atoms with E-state index in [2.05, 4.69) is 0 Å². The summed E-state index contributed by atoms with van der Waals surface area (Å²) in [5.41, 5.74) is 2.79. The van der Waals surface area contributed by atoms with Crippen LogP contribution in [0.2, 0.25) is 0 Å². The molecule has 0 spiro atoms. The number of carbonyl (C=O) groups is 2. The van der Waals surface area contributed by atoms with Gasteiger partial charge in [-0.25, -0.2) is 4.79 Å². The Balaban J connectivity index is 2.46. The van der Waals surface area contributed by atoms with E-state index in [4.69, 9.17) is 4.74 Å². The van der Waals surface area contributed by atoms with E-state index in [1.807, 2.05) is 25.2 Å². The quantitative estimate of drug-likeness (QED) is 0.486. The second-order valence-electron chi connectivity index (χ2n) is 5.48. The normalized spacial score (nSPS) is 16.6. The van der Waals surface area contributed by atoms with E-state index in [9.17, 15) is 9.59 Å². The van der Waals surface area contributed by atoms with Gasteiger partial charge in [0.25, 0.3) is 0 Å². The number of Topliss-reactive ketones (excluding diaryl/α,β-unsaturated/α-hetero) is 1. The van der Waals surface area contributed by atoms with Crippen LogP contribution in [-0.2, 0) is 18.2 Å². The van der Waals surface area contributed by atoms with Crippen molar-refractivity contribution < 1.29 is 14.3 Å². The van der Waals surface area contributed by atoms with Crippen LogP contribution in [0.25, 0.3) is 0 Å². The first kappa shape index (κ1) is 15.4. The number of ether oxygens (including phenoxy) is 1. The van der Waals surface area contributed by atoms with Gasteiger partial charge in [-0.2, -0.15) is 0 Å². The second kappa shape index (κ2) is 6.16. The van der Waals surface area contributed by atoms with Crippen LogP contribution in [0.4, 0.5) is 0 Å². The number of nitrogens with zero attached hydrogens (tertiary/aromatic N) is 2. The number of rotatable bonds is 3. The largest absolute Gasteiger partial charge is 0.461 e. The molecule has 2 rings (SSSR count). The first-order valence-corrected chi connectivity index (χ1v) is 7.23. The Morgan fingerprint density at radius 3 is 2.76 bits per heavy atom. The van der Waals surface area contributed by atoms with Crippen LogP contribution in [-0.4, -0.2) is 41.9 Å². The Morgan fingerprint density at radius 1 is 1.43 bits per heavy atom. The van der Waals surface area contributed by atoms with Crippen molar-refractivity contribution in [2.24, 2.45) is 7.05 Å². The minimum atomic E-state index is -0.376. The van der Waals surface area contributed by atoms with Gasteiger partial charge in [0, 0.05) is 32.9 Å². The summed E-state index contributed by atoms with van der Waals surface area (Å²) in [4.78, 5) is 26.6. The van der Waals surface area contributed by atoms with Crippen LogP contribution in [0.1, 0.15) is 46.3 Å². The van der Waals surface area contributed by atoms with Crippen molar-refractivity contribution in [3.05, 3.63) is 34.8 Å². The molecule has 5 nitrogen and oxygen atoms in total. The molecule has 0 saturated carbocycles. The van der Waals surface area contributed by atoms with Gasteiger partial charge < -0.3 is 14.2 Å². The van der Waals surface area contributed by atoms with Crippen LogP contribution in [0.15, 0.2) is 17.8 Å². The molecular weight excluding hydrogens is 268 g/mol.